The molecule has 18 heavy (non-hydrogen) atoms. The predicted molar refractivity (Wildman–Crippen MR) is 67.0 cm³/mol. The van der Waals surface area contributed by atoms with Crippen LogP contribution in [0.1, 0.15) is 32.6 Å². The van der Waals surface area contributed by atoms with Crippen LogP contribution in [-0.2, 0) is 9.53 Å². The molecule has 1 rings (SSSR count). The zero-order valence-electron chi connectivity index (χ0n) is 10.7. The molecule has 0 saturated heterocycles. The van der Waals surface area contributed by atoms with E-state index in [-0.39, 0.29) is 24.9 Å². The molecule has 0 aliphatic heterocycles. The van der Waals surface area contributed by atoms with Crippen molar-refractivity contribution in [3.8, 4) is 5.75 Å². The standard InChI is InChI=1S/C14H19FO3/c1-2-3-4-9-14(16)18-11-10-17-13-8-6-5-7-12(13)15/h5-8H,2-4,9-11H2,1H3. The number of esters is 1. The van der Waals surface area contributed by atoms with E-state index in [4.69, 9.17) is 9.47 Å². The summed E-state index contributed by atoms with van der Waals surface area (Å²) in [6, 6.07) is 6.15. The maximum Gasteiger partial charge on any atom is 0.305 e. The first-order valence-corrected chi connectivity index (χ1v) is 6.27. The Hall–Kier alpha value is -1.58. The van der Waals surface area contributed by atoms with Crippen LogP contribution in [0.5, 0.6) is 5.75 Å². The van der Waals surface area contributed by atoms with Gasteiger partial charge in [-0.05, 0) is 18.6 Å². The van der Waals surface area contributed by atoms with Crippen molar-refractivity contribution in [3.63, 3.8) is 0 Å². The van der Waals surface area contributed by atoms with Crippen LogP contribution in [0.25, 0.3) is 0 Å². The minimum absolute atomic E-state index is 0.152. The Kier molecular flexibility index (Phi) is 6.84. The van der Waals surface area contributed by atoms with E-state index in [2.05, 4.69) is 6.92 Å². The second-order valence-corrected chi connectivity index (χ2v) is 3.96. The van der Waals surface area contributed by atoms with E-state index in [1.807, 2.05) is 0 Å². The molecule has 0 spiro atoms. The molecule has 0 saturated carbocycles. The number of benzene rings is 1. The zero-order valence-corrected chi connectivity index (χ0v) is 10.7. The third-order valence-electron chi connectivity index (χ3n) is 2.43. The van der Waals surface area contributed by atoms with Gasteiger partial charge in [-0.1, -0.05) is 31.9 Å². The third-order valence-corrected chi connectivity index (χ3v) is 2.43. The number of hydrogen-bond acceptors (Lipinski definition) is 3. The van der Waals surface area contributed by atoms with Crippen LogP contribution >= 0.6 is 0 Å². The molecule has 0 amide bonds. The van der Waals surface area contributed by atoms with Gasteiger partial charge in [0.05, 0.1) is 0 Å². The van der Waals surface area contributed by atoms with Gasteiger partial charge in [-0.15, -0.1) is 0 Å². The molecule has 0 N–H and O–H groups in total. The lowest BCUT2D eigenvalue weighted by Crippen LogP contribution is -2.12. The number of para-hydroxylation sites is 1. The summed E-state index contributed by atoms with van der Waals surface area (Å²) in [5.41, 5.74) is 0. The van der Waals surface area contributed by atoms with Crippen molar-refractivity contribution in [1.82, 2.24) is 0 Å². The fourth-order valence-corrected chi connectivity index (χ4v) is 1.46. The van der Waals surface area contributed by atoms with Gasteiger partial charge >= 0.3 is 5.97 Å². The molecule has 0 atom stereocenters. The van der Waals surface area contributed by atoms with Gasteiger partial charge in [0.25, 0.3) is 0 Å². The van der Waals surface area contributed by atoms with Crippen molar-refractivity contribution in [2.45, 2.75) is 32.6 Å². The number of unbranched alkanes of at least 4 members (excludes halogenated alkanes) is 2. The first kappa shape index (κ1) is 14.5. The molecule has 0 fully saturated rings. The Morgan fingerprint density at radius 2 is 2.00 bits per heavy atom. The zero-order chi connectivity index (χ0) is 13.2. The highest BCUT2D eigenvalue weighted by Gasteiger charge is 2.04. The van der Waals surface area contributed by atoms with Gasteiger partial charge in [0, 0.05) is 6.42 Å². The van der Waals surface area contributed by atoms with Crippen LogP contribution in [0.4, 0.5) is 4.39 Å². The number of halogens is 1. The van der Waals surface area contributed by atoms with Crippen molar-refractivity contribution in [2.75, 3.05) is 13.2 Å². The van der Waals surface area contributed by atoms with E-state index >= 15 is 0 Å². The third kappa shape index (κ3) is 5.66. The number of ether oxygens (including phenoxy) is 2. The maximum atomic E-state index is 13.1. The van der Waals surface area contributed by atoms with Crippen LogP contribution in [-0.4, -0.2) is 19.2 Å². The van der Waals surface area contributed by atoms with E-state index in [0.717, 1.165) is 19.3 Å². The van der Waals surface area contributed by atoms with Crippen molar-refractivity contribution in [2.24, 2.45) is 0 Å². The number of hydrogen-bond donors (Lipinski definition) is 0. The van der Waals surface area contributed by atoms with Gasteiger partial charge in [-0.2, -0.15) is 0 Å². The molecule has 0 aromatic heterocycles. The highest BCUT2D eigenvalue weighted by molar-refractivity contribution is 5.69. The smallest absolute Gasteiger partial charge is 0.305 e. The topological polar surface area (TPSA) is 35.5 Å². The average Bonchev–Trinajstić information content (AvgIpc) is 2.37. The molecule has 0 heterocycles. The first-order valence-electron chi connectivity index (χ1n) is 6.27. The van der Waals surface area contributed by atoms with Gasteiger partial charge in [-0.3, -0.25) is 4.79 Å². The highest BCUT2D eigenvalue weighted by atomic mass is 19.1. The number of rotatable bonds is 8. The van der Waals surface area contributed by atoms with Crippen LogP contribution in [0, 0.1) is 5.82 Å². The largest absolute Gasteiger partial charge is 0.487 e. The lowest BCUT2D eigenvalue weighted by atomic mass is 10.2. The molecule has 0 unspecified atom stereocenters. The Labute approximate surface area is 107 Å². The van der Waals surface area contributed by atoms with Gasteiger partial charge in [0.15, 0.2) is 11.6 Å². The van der Waals surface area contributed by atoms with Crippen LogP contribution in [0.2, 0.25) is 0 Å². The van der Waals surface area contributed by atoms with Gasteiger partial charge in [0.1, 0.15) is 13.2 Å². The SMILES string of the molecule is CCCCCC(=O)OCCOc1ccccc1F. The van der Waals surface area contributed by atoms with Crippen molar-refractivity contribution in [1.29, 1.82) is 0 Å². The summed E-state index contributed by atoms with van der Waals surface area (Å²) in [4.78, 5) is 11.2. The van der Waals surface area contributed by atoms with E-state index in [9.17, 15) is 9.18 Å². The summed E-state index contributed by atoms with van der Waals surface area (Å²) in [5, 5.41) is 0. The van der Waals surface area contributed by atoms with E-state index in [1.165, 1.54) is 6.07 Å². The number of carbonyl (C=O) groups is 1. The summed E-state index contributed by atoms with van der Waals surface area (Å²) < 4.78 is 23.3. The molecule has 4 heteroatoms. The summed E-state index contributed by atoms with van der Waals surface area (Å²) >= 11 is 0. The Balaban J connectivity index is 2.12. The Morgan fingerprint density at radius 1 is 1.22 bits per heavy atom. The molecule has 0 radical (unpaired) electrons. The summed E-state index contributed by atoms with van der Waals surface area (Å²) in [6.45, 7) is 2.40. The van der Waals surface area contributed by atoms with Crippen LogP contribution in [0.3, 0.4) is 0 Å². The quantitative estimate of drug-likeness (QED) is 0.527. The Morgan fingerprint density at radius 3 is 2.72 bits per heavy atom. The minimum Gasteiger partial charge on any atom is -0.487 e. The lowest BCUT2D eigenvalue weighted by Gasteiger charge is -2.07. The summed E-state index contributed by atoms with van der Waals surface area (Å²) in [7, 11) is 0. The average molecular weight is 254 g/mol. The molecule has 1 aromatic rings. The molecule has 0 aliphatic rings. The van der Waals surface area contributed by atoms with E-state index in [0.29, 0.717) is 6.42 Å². The van der Waals surface area contributed by atoms with Gasteiger partial charge in [-0.25, -0.2) is 4.39 Å². The van der Waals surface area contributed by atoms with E-state index < -0.39 is 5.82 Å². The van der Waals surface area contributed by atoms with Crippen LogP contribution < -0.4 is 4.74 Å². The number of carbonyl (C=O) groups excluding carboxylic acids is 1. The van der Waals surface area contributed by atoms with Gasteiger partial charge < -0.3 is 9.47 Å². The lowest BCUT2D eigenvalue weighted by molar-refractivity contribution is -0.144. The van der Waals surface area contributed by atoms with Crippen molar-refractivity contribution >= 4 is 5.97 Å². The van der Waals surface area contributed by atoms with Gasteiger partial charge in [0.2, 0.25) is 0 Å². The molecule has 100 valence electrons. The maximum absolute atomic E-state index is 13.1. The second-order valence-electron chi connectivity index (χ2n) is 3.96. The molecular formula is C14H19FO3. The van der Waals surface area contributed by atoms with Crippen molar-refractivity contribution < 1.29 is 18.7 Å². The molecule has 0 aliphatic carbocycles. The fraction of sp³-hybridized carbons (Fsp3) is 0.500. The monoisotopic (exact) mass is 254 g/mol. The second kappa shape index (κ2) is 8.50. The predicted octanol–water partition coefficient (Wildman–Crippen LogP) is 3.33. The summed E-state index contributed by atoms with van der Waals surface area (Å²) in [5.74, 6) is -0.452. The fourth-order valence-electron chi connectivity index (χ4n) is 1.46. The van der Waals surface area contributed by atoms with Crippen LogP contribution in [0.15, 0.2) is 24.3 Å². The minimum atomic E-state index is -0.410. The molecule has 3 nitrogen and oxygen atoms in total. The normalized spacial score (nSPS) is 10.1. The highest BCUT2D eigenvalue weighted by Crippen LogP contribution is 2.14. The molecule has 1 aromatic carbocycles. The van der Waals surface area contributed by atoms with Crippen molar-refractivity contribution in [3.05, 3.63) is 30.1 Å². The Bertz CT molecular complexity index is 366. The molecule has 0 bridgehead atoms. The summed E-state index contributed by atoms with van der Waals surface area (Å²) in [6.07, 6.45) is 3.39. The first-order chi connectivity index (χ1) is 8.74. The molecular weight excluding hydrogens is 235 g/mol. The van der Waals surface area contributed by atoms with E-state index in [1.54, 1.807) is 18.2 Å².